The Hall–Kier alpha value is -3.41. The summed E-state index contributed by atoms with van der Waals surface area (Å²) in [5.41, 5.74) is 0. The minimum Gasteiger partial charge on any atom is -0.462 e. The molecule has 0 radical (unpaired) electrons. The maximum absolute atomic E-state index is 12.8. The topological polar surface area (TPSA) is 78.9 Å². The van der Waals surface area contributed by atoms with Crippen LogP contribution in [0.25, 0.3) is 0 Å². The van der Waals surface area contributed by atoms with Crippen molar-refractivity contribution in [2.75, 3.05) is 13.2 Å². The van der Waals surface area contributed by atoms with E-state index in [2.05, 4.69) is 106 Å². The van der Waals surface area contributed by atoms with Gasteiger partial charge in [0.05, 0.1) is 0 Å². The Morgan fingerprint density at radius 1 is 0.313 bits per heavy atom. The van der Waals surface area contributed by atoms with Crippen molar-refractivity contribution in [3.8, 4) is 0 Å². The molecule has 0 aliphatic carbocycles. The summed E-state index contributed by atoms with van der Waals surface area (Å²) in [5, 5.41) is 0. The standard InChI is InChI=1S/C61H104O6/c1-4-7-10-13-16-19-21-23-25-27-29-30-32-33-35-37-39-42-45-48-51-54-60(63)66-57-58(56-65-59(62)53-50-47-44-41-18-15-12-9-6-3)67-61(64)55-52-49-46-43-40-38-36-34-31-28-26-24-22-20-17-14-11-8-5-2/h7,10,16-17,19-20,23-26,29-30,33,35,58H,4-6,8-9,11-15,18,21-22,27-28,31-32,34,36-57H2,1-3H3/b10-7-,19-16-,20-17-,25-23-,26-24-,30-29-,35-33-. The first-order chi connectivity index (χ1) is 33.0. The molecule has 0 aromatic rings. The summed E-state index contributed by atoms with van der Waals surface area (Å²) < 4.78 is 16.8. The van der Waals surface area contributed by atoms with Gasteiger partial charge < -0.3 is 14.2 Å². The molecular formula is C61H104O6. The van der Waals surface area contributed by atoms with Crippen molar-refractivity contribution in [3.63, 3.8) is 0 Å². The summed E-state index contributed by atoms with van der Waals surface area (Å²) in [6.45, 7) is 6.47. The molecule has 384 valence electrons. The van der Waals surface area contributed by atoms with E-state index in [1.807, 2.05) is 0 Å². The van der Waals surface area contributed by atoms with Crippen LogP contribution < -0.4 is 0 Å². The molecule has 0 spiro atoms. The highest BCUT2D eigenvalue weighted by molar-refractivity contribution is 5.71. The lowest BCUT2D eigenvalue weighted by Gasteiger charge is -2.18. The molecule has 67 heavy (non-hydrogen) atoms. The number of carbonyl (C=O) groups excluding carboxylic acids is 3. The minimum atomic E-state index is -0.785. The Morgan fingerprint density at radius 2 is 0.582 bits per heavy atom. The Morgan fingerprint density at radius 3 is 0.940 bits per heavy atom. The summed E-state index contributed by atoms with van der Waals surface area (Å²) in [5.74, 6) is -0.906. The van der Waals surface area contributed by atoms with E-state index < -0.39 is 6.10 Å². The maximum atomic E-state index is 12.8. The van der Waals surface area contributed by atoms with Gasteiger partial charge in [0, 0.05) is 19.3 Å². The average Bonchev–Trinajstić information content (AvgIpc) is 3.33. The number of rotatable bonds is 50. The number of hydrogen-bond acceptors (Lipinski definition) is 6. The normalized spacial score (nSPS) is 12.7. The van der Waals surface area contributed by atoms with E-state index in [-0.39, 0.29) is 31.1 Å². The molecule has 0 aromatic heterocycles. The van der Waals surface area contributed by atoms with Crippen molar-refractivity contribution in [2.45, 2.75) is 271 Å². The van der Waals surface area contributed by atoms with Gasteiger partial charge in [-0.25, -0.2) is 0 Å². The summed E-state index contributed by atoms with van der Waals surface area (Å²) in [6, 6.07) is 0. The fraction of sp³-hybridized carbons (Fsp3) is 0.721. The summed E-state index contributed by atoms with van der Waals surface area (Å²) in [4.78, 5) is 38.0. The summed E-state index contributed by atoms with van der Waals surface area (Å²) in [7, 11) is 0. The number of hydrogen-bond donors (Lipinski definition) is 0. The fourth-order valence-corrected chi connectivity index (χ4v) is 7.68. The first-order valence-electron chi connectivity index (χ1n) is 28.1. The lowest BCUT2D eigenvalue weighted by Crippen LogP contribution is -2.30. The van der Waals surface area contributed by atoms with Gasteiger partial charge in [-0.1, -0.05) is 234 Å². The van der Waals surface area contributed by atoms with Crippen LogP contribution in [0.15, 0.2) is 85.1 Å². The zero-order chi connectivity index (χ0) is 48.6. The van der Waals surface area contributed by atoms with Gasteiger partial charge in [-0.3, -0.25) is 14.4 Å². The van der Waals surface area contributed by atoms with Crippen LogP contribution in [0.4, 0.5) is 0 Å². The Bertz CT molecular complexity index is 1300. The van der Waals surface area contributed by atoms with E-state index >= 15 is 0 Å². The van der Waals surface area contributed by atoms with Gasteiger partial charge >= 0.3 is 17.9 Å². The third-order valence-corrected chi connectivity index (χ3v) is 11.9. The van der Waals surface area contributed by atoms with E-state index in [0.29, 0.717) is 19.3 Å². The zero-order valence-electron chi connectivity index (χ0n) is 43.9. The van der Waals surface area contributed by atoms with Crippen molar-refractivity contribution in [1.29, 1.82) is 0 Å². The van der Waals surface area contributed by atoms with Gasteiger partial charge in [-0.05, 0) is 96.3 Å². The number of unbranched alkanes of at least 4 members (excludes halogenated alkanes) is 25. The number of allylic oxidation sites excluding steroid dienone is 14. The Labute approximate surface area is 414 Å². The molecule has 0 aliphatic heterocycles. The quantitative estimate of drug-likeness (QED) is 0.0262. The molecule has 0 aromatic carbocycles. The molecule has 0 rings (SSSR count). The van der Waals surface area contributed by atoms with Gasteiger partial charge in [0.15, 0.2) is 6.10 Å². The summed E-state index contributed by atoms with van der Waals surface area (Å²) in [6.07, 6.45) is 71.4. The molecule has 0 saturated carbocycles. The predicted octanol–water partition coefficient (Wildman–Crippen LogP) is 18.8. The number of esters is 3. The van der Waals surface area contributed by atoms with Gasteiger partial charge in [-0.2, -0.15) is 0 Å². The first kappa shape index (κ1) is 63.6. The first-order valence-corrected chi connectivity index (χ1v) is 28.1. The molecule has 0 saturated heterocycles. The molecule has 0 heterocycles. The van der Waals surface area contributed by atoms with E-state index in [1.54, 1.807) is 0 Å². The molecule has 0 fully saturated rings. The molecule has 0 N–H and O–H groups in total. The second kappa shape index (κ2) is 55.2. The van der Waals surface area contributed by atoms with Crippen LogP contribution in [0.2, 0.25) is 0 Å². The lowest BCUT2D eigenvalue weighted by atomic mass is 10.1. The smallest absolute Gasteiger partial charge is 0.306 e. The SMILES string of the molecule is CC/C=C\C/C=C\C/C=C\C/C=C\C/C=C\CCCCCCCC(=O)OCC(COC(=O)CCCCCCCCCCC)OC(=O)CCCCCCCCCCC/C=C\C/C=C\CCCCC. The fourth-order valence-electron chi connectivity index (χ4n) is 7.68. The molecule has 1 atom stereocenters. The van der Waals surface area contributed by atoms with E-state index in [0.717, 1.165) is 116 Å². The van der Waals surface area contributed by atoms with Crippen LogP contribution in [0.3, 0.4) is 0 Å². The third-order valence-electron chi connectivity index (χ3n) is 11.9. The highest BCUT2D eigenvalue weighted by atomic mass is 16.6. The van der Waals surface area contributed by atoms with Crippen molar-refractivity contribution in [2.24, 2.45) is 0 Å². The van der Waals surface area contributed by atoms with E-state index in [1.165, 1.54) is 109 Å². The second-order valence-corrected chi connectivity index (χ2v) is 18.5. The van der Waals surface area contributed by atoms with Gasteiger partial charge in [0.1, 0.15) is 13.2 Å². The number of carbonyl (C=O) groups is 3. The van der Waals surface area contributed by atoms with Crippen LogP contribution in [0.5, 0.6) is 0 Å². The predicted molar refractivity (Wildman–Crippen MR) is 288 cm³/mol. The van der Waals surface area contributed by atoms with Gasteiger partial charge in [-0.15, -0.1) is 0 Å². The molecule has 1 unspecified atom stereocenters. The third kappa shape index (κ3) is 53.4. The Balaban J connectivity index is 4.34. The van der Waals surface area contributed by atoms with Crippen LogP contribution in [0.1, 0.15) is 265 Å². The van der Waals surface area contributed by atoms with Crippen molar-refractivity contribution < 1.29 is 28.6 Å². The second-order valence-electron chi connectivity index (χ2n) is 18.5. The van der Waals surface area contributed by atoms with Crippen molar-refractivity contribution in [1.82, 2.24) is 0 Å². The largest absolute Gasteiger partial charge is 0.462 e. The minimum absolute atomic E-state index is 0.0833. The average molecular weight is 933 g/mol. The molecule has 0 bridgehead atoms. The van der Waals surface area contributed by atoms with Crippen molar-refractivity contribution >= 4 is 17.9 Å². The maximum Gasteiger partial charge on any atom is 0.306 e. The monoisotopic (exact) mass is 933 g/mol. The molecular weight excluding hydrogens is 829 g/mol. The highest BCUT2D eigenvalue weighted by Gasteiger charge is 2.19. The zero-order valence-corrected chi connectivity index (χ0v) is 43.9. The molecule has 0 aliphatic rings. The Kier molecular flexibility index (Phi) is 52.4. The van der Waals surface area contributed by atoms with Gasteiger partial charge in [0.25, 0.3) is 0 Å². The highest BCUT2D eigenvalue weighted by Crippen LogP contribution is 2.15. The van der Waals surface area contributed by atoms with E-state index in [4.69, 9.17) is 14.2 Å². The van der Waals surface area contributed by atoms with Crippen LogP contribution >= 0.6 is 0 Å². The lowest BCUT2D eigenvalue weighted by molar-refractivity contribution is -0.167. The van der Waals surface area contributed by atoms with Gasteiger partial charge in [0.2, 0.25) is 0 Å². The number of ether oxygens (including phenoxy) is 3. The van der Waals surface area contributed by atoms with Crippen LogP contribution in [-0.4, -0.2) is 37.2 Å². The van der Waals surface area contributed by atoms with Crippen LogP contribution in [0, 0.1) is 0 Å². The molecule has 6 heteroatoms. The van der Waals surface area contributed by atoms with Crippen LogP contribution in [-0.2, 0) is 28.6 Å². The van der Waals surface area contributed by atoms with Crippen molar-refractivity contribution in [3.05, 3.63) is 85.1 Å². The molecule has 6 nitrogen and oxygen atoms in total. The van der Waals surface area contributed by atoms with E-state index in [9.17, 15) is 14.4 Å². The summed E-state index contributed by atoms with van der Waals surface area (Å²) >= 11 is 0. The molecule has 0 amide bonds.